The van der Waals surface area contributed by atoms with E-state index in [1.54, 1.807) is 7.11 Å². The Morgan fingerprint density at radius 2 is 2.25 bits per heavy atom. The second kappa shape index (κ2) is 4.93. The molecule has 1 fully saturated rings. The zero-order valence-corrected chi connectivity index (χ0v) is 10.1. The lowest BCUT2D eigenvalue weighted by molar-refractivity contribution is 0.199. The van der Waals surface area contributed by atoms with E-state index in [4.69, 9.17) is 4.74 Å². The van der Waals surface area contributed by atoms with E-state index < -0.39 is 0 Å². The lowest BCUT2D eigenvalue weighted by atomic mass is 9.97. The molecule has 1 heterocycles. The van der Waals surface area contributed by atoms with Gasteiger partial charge in [0.25, 0.3) is 0 Å². The fourth-order valence-corrected chi connectivity index (χ4v) is 2.29. The summed E-state index contributed by atoms with van der Waals surface area (Å²) in [4.78, 5) is 4.07. The van der Waals surface area contributed by atoms with E-state index in [-0.39, 0.29) is 0 Å². The topological polar surface area (TPSA) is 34.1 Å². The average Bonchev–Trinajstić information content (AvgIpc) is 2.99. The molecule has 0 bridgehead atoms. The van der Waals surface area contributed by atoms with E-state index in [1.165, 1.54) is 12.0 Å². The third-order valence-electron chi connectivity index (χ3n) is 3.62. The van der Waals surface area contributed by atoms with Crippen molar-refractivity contribution >= 4 is 0 Å². The summed E-state index contributed by atoms with van der Waals surface area (Å²) < 4.78 is 5.01. The minimum atomic E-state index is 0.364. The molecule has 1 aromatic heterocycles. The summed E-state index contributed by atoms with van der Waals surface area (Å²) in [6, 6.07) is 4.27. The normalized spacial score (nSPS) is 28.0. The molecular weight excluding hydrogens is 200 g/mol. The first-order chi connectivity index (χ1) is 7.77. The number of pyridine rings is 1. The Hall–Kier alpha value is -0.930. The maximum Gasteiger partial charge on any atom is 0.0587 e. The number of rotatable bonds is 6. The Labute approximate surface area is 97.2 Å². The van der Waals surface area contributed by atoms with E-state index >= 15 is 0 Å². The van der Waals surface area contributed by atoms with Crippen molar-refractivity contribution in [1.29, 1.82) is 0 Å². The minimum Gasteiger partial charge on any atom is -0.383 e. The van der Waals surface area contributed by atoms with Gasteiger partial charge in [-0.2, -0.15) is 0 Å². The molecule has 2 atom stereocenters. The van der Waals surface area contributed by atoms with Gasteiger partial charge in [-0.1, -0.05) is 6.92 Å². The summed E-state index contributed by atoms with van der Waals surface area (Å²) >= 11 is 0. The lowest BCUT2D eigenvalue weighted by Crippen LogP contribution is -2.23. The summed E-state index contributed by atoms with van der Waals surface area (Å²) in [7, 11) is 1.74. The quantitative estimate of drug-likeness (QED) is 0.739. The molecule has 1 aliphatic carbocycles. The highest BCUT2D eigenvalue weighted by Gasteiger charge is 2.50. The Balaban J connectivity index is 1.80. The SMILES string of the molecule is COCCNCC1CC1(C)c1ccncc1. The molecule has 0 amide bonds. The zero-order chi connectivity index (χ0) is 11.4. The number of aromatic nitrogens is 1. The van der Waals surface area contributed by atoms with Crippen molar-refractivity contribution in [1.82, 2.24) is 10.3 Å². The van der Waals surface area contributed by atoms with Crippen LogP contribution in [0.5, 0.6) is 0 Å². The van der Waals surface area contributed by atoms with E-state index in [9.17, 15) is 0 Å². The standard InChI is InChI=1S/C13H20N2O/c1-13(11-3-5-14-6-4-11)9-12(13)10-15-7-8-16-2/h3-6,12,15H,7-10H2,1-2H3. The fraction of sp³-hybridized carbons (Fsp3) is 0.615. The van der Waals surface area contributed by atoms with Crippen LogP contribution >= 0.6 is 0 Å². The highest BCUT2D eigenvalue weighted by molar-refractivity contribution is 5.30. The molecule has 1 N–H and O–H groups in total. The monoisotopic (exact) mass is 220 g/mol. The van der Waals surface area contributed by atoms with Crippen molar-refractivity contribution < 1.29 is 4.74 Å². The van der Waals surface area contributed by atoms with Gasteiger partial charge in [-0.3, -0.25) is 4.98 Å². The van der Waals surface area contributed by atoms with Gasteiger partial charge in [-0.05, 0) is 42.0 Å². The molecule has 1 saturated carbocycles. The smallest absolute Gasteiger partial charge is 0.0587 e. The van der Waals surface area contributed by atoms with Gasteiger partial charge >= 0.3 is 0 Å². The Bertz CT molecular complexity index is 328. The van der Waals surface area contributed by atoms with Crippen molar-refractivity contribution in [3.63, 3.8) is 0 Å². The summed E-state index contributed by atoms with van der Waals surface area (Å²) in [6.45, 7) is 5.16. The molecule has 16 heavy (non-hydrogen) atoms. The molecule has 88 valence electrons. The van der Waals surface area contributed by atoms with Crippen LogP contribution in [0, 0.1) is 5.92 Å². The second-order valence-electron chi connectivity index (χ2n) is 4.75. The van der Waals surface area contributed by atoms with Crippen LogP contribution in [0.3, 0.4) is 0 Å². The predicted molar refractivity (Wildman–Crippen MR) is 64.4 cm³/mol. The van der Waals surface area contributed by atoms with Crippen molar-refractivity contribution in [2.45, 2.75) is 18.8 Å². The maximum absolute atomic E-state index is 5.01. The number of hydrogen-bond donors (Lipinski definition) is 1. The highest BCUT2D eigenvalue weighted by Crippen LogP contribution is 2.53. The van der Waals surface area contributed by atoms with Crippen LogP contribution in [-0.4, -0.2) is 31.8 Å². The van der Waals surface area contributed by atoms with Gasteiger partial charge in [0.05, 0.1) is 6.61 Å². The van der Waals surface area contributed by atoms with Crippen LogP contribution in [0.4, 0.5) is 0 Å². The van der Waals surface area contributed by atoms with Gasteiger partial charge in [-0.15, -0.1) is 0 Å². The molecule has 3 heteroatoms. The molecule has 1 aromatic rings. The van der Waals surface area contributed by atoms with Crippen molar-refractivity contribution in [3.8, 4) is 0 Å². The van der Waals surface area contributed by atoms with Gasteiger partial charge < -0.3 is 10.1 Å². The number of hydrogen-bond acceptors (Lipinski definition) is 3. The van der Waals surface area contributed by atoms with Crippen LogP contribution in [0.25, 0.3) is 0 Å². The third-order valence-corrected chi connectivity index (χ3v) is 3.62. The number of nitrogens with one attached hydrogen (secondary N) is 1. The number of methoxy groups -OCH3 is 1. The van der Waals surface area contributed by atoms with E-state index in [0.29, 0.717) is 5.41 Å². The first kappa shape index (κ1) is 11.6. The van der Waals surface area contributed by atoms with E-state index in [0.717, 1.165) is 25.6 Å². The summed E-state index contributed by atoms with van der Waals surface area (Å²) in [5.41, 5.74) is 1.78. The van der Waals surface area contributed by atoms with E-state index in [2.05, 4.69) is 29.4 Å². The Kier molecular flexibility index (Phi) is 3.56. The third kappa shape index (κ3) is 2.42. The van der Waals surface area contributed by atoms with Gasteiger partial charge in [0.1, 0.15) is 0 Å². The van der Waals surface area contributed by atoms with Crippen molar-refractivity contribution in [2.75, 3.05) is 26.8 Å². The van der Waals surface area contributed by atoms with Crippen molar-refractivity contribution in [2.24, 2.45) is 5.92 Å². The summed E-state index contributed by atoms with van der Waals surface area (Å²) in [5, 5.41) is 3.43. The van der Waals surface area contributed by atoms with Crippen LogP contribution in [0.2, 0.25) is 0 Å². The molecular formula is C13H20N2O. The largest absolute Gasteiger partial charge is 0.383 e. The first-order valence-corrected chi connectivity index (χ1v) is 5.87. The Morgan fingerprint density at radius 3 is 2.94 bits per heavy atom. The zero-order valence-electron chi connectivity index (χ0n) is 10.1. The van der Waals surface area contributed by atoms with Crippen LogP contribution in [-0.2, 0) is 10.2 Å². The van der Waals surface area contributed by atoms with Gasteiger partial charge in [-0.25, -0.2) is 0 Å². The van der Waals surface area contributed by atoms with E-state index in [1.807, 2.05) is 12.4 Å². The molecule has 2 unspecified atom stereocenters. The summed E-state index contributed by atoms with van der Waals surface area (Å²) in [5.74, 6) is 0.756. The molecule has 3 nitrogen and oxygen atoms in total. The predicted octanol–water partition coefficient (Wildman–Crippen LogP) is 1.60. The second-order valence-corrected chi connectivity index (χ2v) is 4.75. The van der Waals surface area contributed by atoms with Gasteiger partial charge in [0, 0.05) is 26.0 Å². The van der Waals surface area contributed by atoms with Crippen LogP contribution in [0.15, 0.2) is 24.5 Å². The molecule has 0 aromatic carbocycles. The van der Waals surface area contributed by atoms with Gasteiger partial charge in [0.15, 0.2) is 0 Å². The molecule has 0 radical (unpaired) electrons. The highest BCUT2D eigenvalue weighted by atomic mass is 16.5. The number of nitrogens with zero attached hydrogens (tertiary/aromatic N) is 1. The summed E-state index contributed by atoms with van der Waals surface area (Å²) in [6.07, 6.45) is 5.04. The number of ether oxygens (including phenoxy) is 1. The maximum atomic E-state index is 5.01. The first-order valence-electron chi connectivity index (χ1n) is 5.87. The minimum absolute atomic E-state index is 0.364. The Morgan fingerprint density at radius 1 is 1.50 bits per heavy atom. The van der Waals surface area contributed by atoms with Crippen LogP contribution in [0.1, 0.15) is 18.9 Å². The molecule has 0 saturated heterocycles. The molecule has 1 aliphatic rings. The lowest BCUT2D eigenvalue weighted by Gasteiger charge is -2.11. The van der Waals surface area contributed by atoms with Gasteiger partial charge in [0.2, 0.25) is 0 Å². The van der Waals surface area contributed by atoms with Crippen molar-refractivity contribution in [3.05, 3.63) is 30.1 Å². The van der Waals surface area contributed by atoms with Crippen LogP contribution < -0.4 is 5.32 Å². The molecule has 0 spiro atoms. The fourth-order valence-electron chi connectivity index (χ4n) is 2.29. The molecule has 2 rings (SSSR count). The molecule has 0 aliphatic heterocycles. The average molecular weight is 220 g/mol.